The molecule has 0 aliphatic rings. The van der Waals surface area contributed by atoms with Crippen molar-refractivity contribution in [2.75, 3.05) is 25.6 Å². The van der Waals surface area contributed by atoms with Gasteiger partial charge in [0.15, 0.2) is 11.6 Å². The highest BCUT2D eigenvalue weighted by Gasteiger charge is 2.18. The van der Waals surface area contributed by atoms with Crippen molar-refractivity contribution < 1.29 is 23.0 Å². The lowest BCUT2D eigenvalue weighted by molar-refractivity contribution is 0.102. The van der Waals surface area contributed by atoms with E-state index in [4.69, 9.17) is 9.47 Å². The Morgan fingerprint density at radius 1 is 0.957 bits per heavy atom. The Morgan fingerprint density at radius 2 is 1.79 bits per heavy atom. The van der Waals surface area contributed by atoms with Crippen LogP contribution in [0.2, 0.25) is 0 Å². The van der Waals surface area contributed by atoms with E-state index in [1.165, 1.54) is 58.4 Å². The van der Waals surface area contributed by atoms with E-state index in [0.29, 0.717) is 35.8 Å². The lowest BCUT2D eigenvalue weighted by Gasteiger charge is -2.13. The molecule has 0 spiro atoms. The maximum absolute atomic E-state index is 15.3. The van der Waals surface area contributed by atoms with Gasteiger partial charge >= 0.3 is 0 Å². The zero-order chi connectivity index (χ0) is 32.9. The minimum absolute atomic E-state index is 0.0529. The molecule has 12 heteroatoms. The van der Waals surface area contributed by atoms with Gasteiger partial charge in [-0.15, -0.1) is 11.3 Å². The van der Waals surface area contributed by atoms with Crippen molar-refractivity contribution in [3.63, 3.8) is 0 Å². The molecule has 0 aliphatic heterocycles. The summed E-state index contributed by atoms with van der Waals surface area (Å²) in [6.07, 6.45) is 3.41. The van der Waals surface area contributed by atoms with Crippen LogP contribution in [0.1, 0.15) is 21.6 Å². The monoisotopic (exact) mass is 653 g/mol. The van der Waals surface area contributed by atoms with Gasteiger partial charge in [-0.05, 0) is 73.2 Å². The SMILES string of the molecule is COCCNCc1ccc(-c2cc3nccc(Oc4ccc(NC(=O)c5ccc(C)n(-c6ccc(F)cc6)c5=O)cc4F)c3s2)nc1. The molecule has 1 amide bonds. The summed E-state index contributed by atoms with van der Waals surface area (Å²) in [6, 6.07) is 19.9. The number of nitrogens with zero attached hydrogens (tertiary/aromatic N) is 3. The Kier molecular flexibility index (Phi) is 9.43. The van der Waals surface area contributed by atoms with Gasteiger partial charge in [0.25, 0.3) is 11.5 Å². The number of methoxy groups -OCH3 is 1. The van der Waals surface area contributed by atoms with E-state index in [9.17, 15) is 14.0 Å². The fourth-order valence-electron chi connectivity index (χ4n) is 4.90. The lowest BCUT2D eigenvalue weighted by Crippen LogP contribution is -2.29. The summed E-state index contributed by atoms with van der Waals surface area (Å²) in [7, 11) is 1.66. The Balaban J connectivity index is 1.17. The molecular weight excluding hydrogens is 624 g/mol. The molecule has 0 atom stereocenters. The van der Waals surface area contributed by atoms with Crippen LogP contribution in [0, 0.1) is 18.6 Å². The molecule has 2 N–H and O–H groups in total. The van der Waals surface area contributed by atoms with E-state index in [0.717, 1.165) is 33.4 Å². The molecule has 0 bridgehead atoms. The summed E-state index contributed by atoms with van der Waals surface area (Å²) in [5.74, 6) is -1.51. The Morgan fingerprint density at radius 3 is 2.53 bits per heavy atom. The molecule has 47 heavy (non-hydrogen) atoms. The average Bonchev–Trinajstić information content (AvgIpc) is 3.51. The van der Waals surface area contributed by atoms with Crippen LogP contribution in [-0.4, -0.2) is 40.7 Å². The first-order valence-corrected chi connectivity index (χ1v) is 15.4. The number of thiophene rings is 1. The largest absolute Gasteiger partial charge is 0.453 e. The summed E-state index contributed by atoms with van der Waals surface area (Å²) < 4.78 is 41.8. The van der Waals surface area contributed by atoms with Crippen LogP contribution in [0.25, 0.3) is 26.5 Å². The van der Waals surface area contributed by atoms with Gasteiger partial charge in [0.05, 0.1) is 27.4 Å². The summed E-state index contributed by atoms with van der Waals surface area (Å²) in [6.45, 7) is 3.76. The number of aryl methyl sites for hydroxylation is 1. The number of ether oxygens (including phenoxy) is 2. The van der Waals surface area contributed by atoms with E-state index >= 15 is 4.39 Å². The third-order valence-electron chi connectivity index (χ3n) is 7.28. The van der Waals surface area contributed by atoms with E-state index < -0.39 is 23.1 Å². The van der Waals surface area contributed by atoms with Gasteiger partial charge in [0.2, 0.25) is 0 Å². The van der Waals surface area contributed by atoms with Crippen LogP contribution >= 0.6 is 11.3 Å². The van der Waals surface area contributed by atoms with Crippen molar-refractivity contribution >= 4 is 33.1 Å². The quantitative estimate of drug-likeness (QED) is 0.147. The van der Waals surface area contributed by atoms with Crippen LogP contribution < -0.4 is 20.9 Å². The highest BCUT2D eigenvalue weighted by molar-refractivity contribution is 7.22. The number of hydrogen-bond acceptors (Lipinski definition) is 8. The van der Waals surface area contributed by atoms with Gasteiger partial charge in [0, 0.05) is 61.8 Å². The smallest absolute Gasteiger partial charge is 0.268 e. The summed E-state index contributed by atoms with van der Waals surface area (Å²) >= 11 is 1.43. The minimum Gasteiger partial charge on any atom is -0.453 e. The van der Waals surface area contributed by atoms with Crippen LogP contribution in [0.15, 0.2) is 96.1 Å². The second-order valence-electron chi connectivity index (χ2n) is 10.6. The highest BCUT2D eigenvalue weighted by atomic mass is 32.1. The summed E-state index contributed by atoms with van der Waals surface area (Å²) in [5.41, 5.74) is 2.87. The molecule has 0 saturated carbocycles. The predicted octanol–water partition coefficient (Wildman–Crippen LogP) is 6.88. The van der Waals surface area contributed by atoms with Crippen LogP contribution in [-0.2, 0) is 11.3 Å². The highest BCUT2D eigenvalue weighted by Crippen LogP contribution is 2.39. The average molecular weight is 654 g/mol. The fourth-order valence-corrected chi connectivity index (χ4v) is 5.94. The molecular formula is C35H29F2N5O4S. The predicted molar refractivity (Wildman–Crippen MR) is 178 cm³/mol. The number of carbonyl (C=O) groups excluding carboxylic acids is 1. The van der Waals surface area contributed by atoms with Crippen LogP contribution in [0.4, 0.5) is 14.5 Å². The van der Waals surface area contributed by atoms with Gasteiger partial charge in [-0.25, -0.2) is 8.78 Å². The molecule has 0 radical (unpaired) electrons. The molecule has 9 nitrogen and oxygen atoms in total. The van der Waals surface area contributed by atoms with E-state index in [1.807, 2.05) is 24.4 Å². The Hall–Kier alpha value is -5.30. The number of halogens is 2. The maximum atomic E-state index is 15.3. The van der Waals surface area contributed by atoms with Crippen LogP contribution in [0.5, 0.6) is 11.5 Å². The lowest BCUT2D eigenvalue weighted by atomic mass is 10.2. The molecule has 6 aromatic rings. The van der Waals surface area contributed by atoms with Crippen molar-refractivity contribution in [1.82, 2.24) is 19.9 Å². The fraction of sp³-hybridized carbons (Fsp3) is 0.143. The van der Waals surface area contributed by atoms with Crippen LogP contribution in [0.3, 0.4) is 0 Å². The number of pyridine rings is 3. The van der Waals surface area contributed by atoms with Gasteiger partial charge in [-0.1, -0.05) is 6.07 Å². The molecule has 0 unspecified atom stereocenters. The van der Waals surface area contributed by atoms with Gasteiger partial charge in [-0.2, -0.15) is 0 Å². The number of carbonyl (C=O) groups is 1. The third kappa shape index (κ3) is 7.09. The second-order valence-corrected chi connectivity index (χ2v) is 11.6. The number of rotatable bonds is 11. The number of benzene rings is 2. The van der Waals surface area contributed by atoms with Gasteiger partial charge in [0.1, 0.15) is 17.1 Å². The standard InChI is InChI=1S/C35H29F2N5O4S/c1-21-3-10-26(35(44)42(21)25-8-5-23(36)6-9-25)34(43)41-24-7-12-30(27(37)17-24)46-31-13-14-39-29-18-32(47-33(29)31)28-11-4-22(20-40-28)19-38-15-16-45-2/h3-14,17-18,20,38H,15-16,19H2,1-2H3,(H,41,43). The topological polar surface area (TPSA) is 107 Å². The van der Waals surface area contributed by atoms with E-state index in [2.05, 4.69) is 20.6 Å². The Labute approximate surface area is 272 Å². The molecule has 0 fully saturated rings. The zero-order valence-corrected chi connectivity index (χ0v) is 26.2. The van der Waals surface area contributed by atoms with Crippen molar-refractivity contribution in [3.8, 4) is 27.8 Å². The number of amides is 1. The molecule has 238 valence electrons. The summed E-state index contributed by atoms with van der Waals surface area (Å²) in [5, 5.41) is 5.87. The first kappa shape index (κ1) is 31.7. The molecule has 4 aromatic heterocycles. The minimum atomic E-state index is -0.718. The van der Waals surface area contributed by atoms with Crippen molar-refractivity contribution in [2.24, 2.45) is 0 Å². The molecule has 0 saturated heterocycles. The number of fused-ring (bicyclic) bond motifs is 1. The van der Waals surface area contributed by atoms with Gasteiger partial charge in [-0.3, -0.25) is 24.1 Å². The number of nitrogens with one attached hydrogen (secondary N) is 2. The number of hydrogen-bond donors (Lipinski definition) is 2. The molecule has 4 heterocycles. The first-order valence-electron chi connectivity index (χ1n) is 14.6. The molecule has 0 aliphatic carbocycles. The summed E-state index contributed by atoms with van der Waals surface area (Å²) in [4.78, 5) is 36.2. The van der Waals surface area contributed by atoms with E-state index in [-0.39, 0.29) is 17.0 Å². The van der Waals surface area contributed by atoms with Gasteiger partial charge < -0.3 is 20.1 Å². The Bertz CT molecular complexity index is 2110. The van der Waals surface area contributed by atoms with E-state index in [1.54, 1.807) is 32.4 Å². The molecule has 2 aromatic carbocycles. The molecule has 6 rings (SSSR count). The third-order valence-corrected chi connectivity index (χ3v) is 8.44. The first-order chi connectivity index (χ1) is 22.8. The zero-order valence-electron chi connectivity index (χ0n) is 25.4. The van der Waals surface area contributed by atoms with Crippen molar-refractivity contribution in [1.29, 1.82) is 0 Å². The number of aromatic nitrogens is 3. The van der Waals surface area contributed by atoms with Crippen molar-refractivity contribution in [2.45, 2.75) is 13.5 Å². The number of anilines is 1. The second kappa shape index (κ2) is 14.0. The van der Waals surface area contributed by atoms with Crippen molar-refractivity contribution in [3.05, 3.63) is 130 Å². The normalized spacial score (nSPS) is 11.1. The maximum Gasteiger partial charge on any atom is 0.268 e.